The first-order valence-corrected chi connectivity index (χ1v) is 10.7. The zero-order valence-corrected chi connectivity index (χ0v) is 18.5. The summed E-state index contributed by atoms with van der Waals surface area (Å²) in [5.41, 5.74) is 2.89. The third kappa shape index (κ3) is 5.29. The van der Waals surface area contributed by atoms with Crippen LogP contribution in [0.5, 0.6) is 0 Å². The standard InChI is InChI=1S/C24H32FNO4/c1-6-9-10-18-20(23(27)29-7-2)19(16-11-13-17(25)14-12-16)21(24(28)30-8-3)22(26-18)15(4)5/h11-15,19,26H,6-10H2,1-5H3. The topological polar surface area (TPSA) is 64.6 Å². The minimum absolute atomic E-state index is 0.00673. The van der Waals surface area contributed by atoms with Crippen LogP contribution in [0, 0.1) is 11.7 Å². The van der Waals surface area contributed by atoms with E-state index in [-0.39, 0.29) is 24.9 Å². The van der Waals surface area contributed by atoms with Crippen molar-refractivity contribution in [1.29, 1.82) is 0 Å². The van der Waals surface area contributed by atoms with Crippen LogP contribution in [0.1, 0.15) is 65.4 Å². The Morgan fingerprint density at radius 1 is 1.00 bits per heavy atom. The van der Waals surface area contributed by atoms with Gasteiger partial charge < -0.3 is 14.8 Å². The summed E-state index contributed by atoms with van der Waals surface area (Å²) < 4.78 is 24.4. The third-order valence-electron chi connectivity index (χ3n) is 5.03. The fraction of sp³-hybridized carbons (Fsp3) is 0.500. The SMILES string of the molecule is CCCCC1=C(C(=O)OCC)C(c2ccc(F)cc2)C(C(=O)OCC)=C(C(C)C)N1. The van der Waals surface area contributed by atoms with Crippen LogP contribution in [-0.2, 0) is 19.1 Å². The van der Waals surface area contributed by atoms with E-state index in [1.165, 1.54) is 12.1 Å². The van der Waals surface area contributed by atoms with Gasteiger partial charge in [-0.25, -0.2) is 14.0 Å². The molecule has 30 heavy (non-hydrogen) atoms. The summed E-state index contributed by atoms with van der Waals surface area (Å²) in [6.45, 7) is 9.96. The Kier molecular flexibility index (Phi) is 8.63. The van der Waals surface area contributed by atoms with Crippen molar-refractivity contribution >= 4 is 11.9 Å². The van der Waals surface area contributed by atoms with Gasteiger partial charge in [-0.2, -0.15) is 0 Å². The lowest BCUT2D eigenvalue weighted by atomic mass is 9.78. The Balaban J connectivity index is 2.77. The van der Waals surface area contributed by atoms with E-state index in [0.29, 0.717) is 23.1 Å². The molecule has 2 rings (SSSR count). The fourth-order valence-electron chi connectivity index (χ4n) is 3.65. The summed E-state index contributed by atoms with van der Waals surface area (Å²) in [7, 11) is 0. The molecule has 164 valence electrons. The number of ether oxygens (including phenoxy) is 2. The molecule has 1 unspecified atom stereocenters. The molecular formula is C24H32FNO4. The number of nitrogens with one attached hydrogen (secondary N) is 1. The maximum atomic E-state index is 13.6. The lowest BCUT2D eigenvalue weighted by Crippen LogP contribution is -2.35. The Labute approximate surface area is 178 Å². The van der Waals surface area contributed by atoms with Crippen LogP contribution >= 0.6 is 0 Å². The van der Waals surface area contributed by atoms with Crippen molar-refractivity contribution in [3.05, 3.63) is 58.2 Å². The van der Waals surface area contributed by atoms with Gasteiger partial charge in [-0.15, -0.1) is 0 Å². The van der Waals surface area contributed by atoms with Gasteiger partial charge in [0.05, 0.1) is 30.3 Å². The normalized spacial score (nSPS) is 16.6. The van der Waals surface area contributed by atoms with Gasteiger partial charge in [-0.1, -0.05) is 39.3 Å². The highest BCUT2D eigenvalue weighted by Gasteiger charge is 2.40. The Morgan fingerprint density at radius 3 is 2.07 bits per heavy atom. The maximum Gasteiger partial charge on any atom is 0.336 e. The van der Waals surface area contributed by atoms with Gasteiger partial charge in [0.25, 0.3) is 0 Å². The smallest absolute Gasteiger partial charge is 0.336 e. The van der Waals surface area contributed by atoms with Crippen molar-refractivity contribution in [1.82, 2.24) is 5.32 Å². The van der Waals surface area contributed by atoms with Crippen LogP contribution in [0.4, 0.5) is 4.39 Å². The van der Waals surface area contributed by atoms with Crippen molar-refractivity contribution in [2.24, 2.45) is 5.92 Å². The predicted molar refractivity (Wildman–Crippen MR) is 114 cm³/mol. The molecule has 0 saturated heterocycles. The number of rotatable bonds is 9. The minimum atomic E-state index is -0.686. The van der Waals surface area contributed by atoms with E-state index >= 15 is 0 Å². The predicted octanol–water partition coefficient (Wildman–Crippen LogP) is 4.99. The summed E-state index contributed by atoms with van der Waals surface area (Å²) >= 11 is 0. The van der Waals surface area contributed by atoms with E-state index in [1.54, 1.807) is 26.0 Å². The molecule has 1 heterocycles. The van der Waals surface area contributed by atoms with Crippen LogP contribution in [0.2, 0.25) is 0 Å². The first-order valence-electron chi connectivity index (χ1n) is 10.7. The molecule has 0 amide bonds. The van der Waals surface area contributed by atoms with Crippen molar-refractivity contribution in [3.63, 3.8) is 0 Å². The summed E-state index contributed by atoms with van der Waals surface area (Å²) in [4.78, 5) is 26.1. The molecule has 5 nitrogen and oxygen atoms in total. The average molecular weight is 418 g/mol. The lowest BCUT2D eigenvalue weighted by molar-refractivity contribution is -0.139. The second kappa shape index (κ2) is 11.0. The maximum absolute atomic E-state index is 13.6. The molecule has 1 N–H and O–H groups in total. The number of dihydropyridines is 1. The average Bonchev–Trinajstić information content (AvgIpc) is 2.71. The lowest BCUT2D eigenvalue weighted by Gasteiger charge is -2.34. The van der Waals surface area contributed by atoms with Crippen LogP contribution in [0.3, 0.4) is 0 Å². The monoisotopic (exact) mass is 417 g/mol. The first-order chi connectivity index (χ1) is 14.3. The van der Waals surface area contributed by atoms with Gasteiger partial charge in [0.2, 0.25) is 0 Å². The van der Waals surface area contributed by atoms with Crippen LogP contribution < -0.4 is 5.32 Å². The second-order valence-corrected chi connectivity index (χ2v) is 7.53. The van der Waals surface area contributed by atoms with Crippen LogP contribution in [-0.4, -0.2) is 25.2 Å². The molecule has 1 aliphatic heterocycles. The van der Waals surface area contributed by atoms with Gasteiger partial charge in [-0.05, 0) is 50.3 Å². The number of carbonyl (C=O) groups excluding carboxylic acids is 2. The zero-order chi connectivity index (χ0) is 22.3. The molecule has 0 radical (unpaired) electrons. The number of hydrogen-bond donors (Lipinski definition) is 1. The van der Waals surface area contributed by atoms with E-state index in [4.69, 9.17) is 9.47 Å². The van der Waals surface area contributed by atoms with Gasteiger partial charge in [0.1, 0.15) is 5.82 Å². The van der Waals surface area contributed by atoms with Crippen LogP contribution in [0.15, 0.2) is 46.8 Å². The summed E-state index contributed by atoms with van der Waals surface area (Å²) in [5.74, 6) is -2.04. The van der Waals surface area contributed by atoms with Crippen molar-refractivity contribution in [2.45, 2.75) is 59.8 Å². The van der Waals surface area contributed by atoms with Crippen molar-refractivity contribution < 1.29 is 23.5 Å². The van der Waals surface area contributed by atoms with Gasteiger partial charge in [0, 0.05) is 11.4 Å². The molecule has 0 aromatic heterocycles. The molecular weight excluding hydrogens is 385 g/mol. The van der Waals surface area contributed by atoms with Crippen molar-refractivity contribution in [2.75, 3.05) is 13.2 Å². The second-order valence-electron chi connectivity index (χ2n) is 7.53. The largest absolute Gasteiger partial charge is 0.463 e. The van der Waals surface area contributed by atoms with Crippen molar-refractivity contribution in [3.8, 4) is 0 Å². The number of benzene rings is 1. The summed E-state index contributed by atoms with van der Waals surface area (Å²) in [6.07, 6.45) is 2.48. The molecule has 1 atom stereocenters. The molecule has 0 bridgehead atoms. The van der Waals surface area contributed by atoms with E-state index < -0.39 is 17.9 Å². The van der Waals surface area contributed by atoms with E-state index in [2.05, 4.69) is 12.2 Å². The zero-order valence-electron chi connectivity index (χ0n) is 18.5. The Morgan fingerprint density at radius 2 is 1.57 bits per heavy atom. The number of allylic oxidation sites excluding steroid dienone is 2. The molecule has 1 aromatic rings. The first kappa shape index (κ1) is 23.6. The summed E-state index contributed by atoms with van der Waals surface area (Å²) in [6, 6.07) is 5.89. The number of esters is 2. The van der Waals surface area contributed by atoms with Gasteiger partial charge in [-0.3, -0.25) is 0 Å². The quantitative estimate of drug-likeness (QED) is 0.573. The number of carbonyl (C=O) groups is 2. The molecule has 0 aliphatic carbocycles. The van der Waals surface area contributed by atoms with Gasteiger partial charge in [0.15, 0.2) is 0 Å². The van der Waals surface area contributed by atoms with E-state index in [0.717, 1.165) is 24.2 Å². The Bertz CT molecular complexity index is 824. The Hall–Kier alpha value is -2.63. The molecule has 0 spiro atoms. The molecule has 1 aliphatic rings. The number of hydrogen-bond acceptors (Lipinski definition) is 5. The third-order valence-corrected chi connectivity index (χ3v) is 5.03. The van der Waals surface area contributed by atoms with Crippen LogP contribution in [0.25, 0.3) is 0 Å². The highest BCUT2D eigenvalue weighted by atomic mass is 19.1. The molecule has 0 saturated carbocycles. The fourth-order valence-corrected chi connectivity index (χ4v) is 3.65. The van der Waals surface area contributed by atoms with E-state index in [9.17, 15) is 14.0 Å². The highest BCUT2D eigenvalue weighted by Crippen LogP contribution is 2.42. The molecule has 6 heteroatoms. The van der Waals surface area contributed by atoms with Gasteiger partial charge >= 0.3 is 11.9 Å². The number of halogens is 1. The molecule has 0 fully saturated rings. The highest BCUT2D eigenvalue weighted by molar-refractivity contribution is 6.00. The van der Waals surface area contributed by atoms with E-state index in [1.807, 2.05) is 13.8 Å². The number of unbranched alkanes of at least 4 members (excludes halogenated alkanes) is 1. The molecule has 1 aromatic carbocycles. The minimum Gasteiger partial charge on any atom is -0.463 e. The summed E-state index contributed by atoms with van der Waals surface area (Å²) in [5, 5.41) is 3.36.